The van der Waals surface area contributed by atoms with Crippen molar-refractivity contribution in [3.63, 3.8) is 0 Å². The van der Waals surface area contributed by atoms with Crippen LogP contribution in [-0.4, -0.2) is 0 Å². The van der Waals surface area contributed by atoms with Crippen LogP contribution >= 0.6 is 0 Å². The highest BCUT2D eigenvalue weighted by molar-refractivity contribution is 6.12. The van der Waals surface area contributed by atoms with Crippen molar-refractivity contribution in [1.82, 2.24) is 0 Å². The average molecular weight is 898 g/mol. The number of anilines is 2. The molecule has 0 amide bonds. The van der Waals surface area contributed by atoms with Gasteiger partial charge in [-0.05, 0) is 148 Å². The Hall–Kier alpha value is -8.26. The molecule has 1 nitrogen and oxygen atoms in total. The Labute approximate surface area is 413 Å². The van der Waals surface area contributed by atoms with Crippen molar-refractivity contribution in [1.29, 1.82) is 0 Å². The monoisotopic (exact) mass is 897 g/mol. The molecule has 0 aliphatic heterocycles. The molecule has 0 saturated heterocycles. The molecule has 336 valence electrons. The second-order valence-electron chi connectivity index (χ2n) is 19.1. The van der Waals surface area contributed by atoms with Crippen LogP contribution in [0.1, 0.15) is 73.1 Å². The van der Waals surface area contributed by atoms with E-state index in [-0.39, 0.29) is 10.8 Å². The van der Waals surface area contributed by atoms with Crippen molar-refractivity contribution >= 4 is 28.2 Å². The van der Waals surface area contributed by atoms with Crippen molar-refractivity contribution < 1.29 is 0 Å². The van der Waals surface area contributed by atoms with Crippen LogP contribution in [-0.2, 0) is 10.8 Å². The quantitative estimate of drug-likeness (QED) is 0.150. The molecular formula is C69H55N. The standard InChI is InChI=1S/C64H45N.C3H4.C2H6/c1-63(2)59-40-46(30-35-52(59)53-36-34-48(41-60(53)63)65(39-38-42-16-5-3-6-17-42)47-32-28-44(29-33-47)43-18-7-4-8-19-43)49-24-15-20-45-31-37-58-62(61(45)49)54-23-11-14-27-57(54)64(58)55-25-12-9-21-50(55)51-22-10-13-26-56(51)64;1-2-3-1;1-2/h3-41H,1-2H3;1-2H,3H2;1-2H3/b39-38+;;. The third-order valence-corrected chi connectivity index (χ3v) is 15.0. The Kier molecular flexibility index (Phi) is 10.7. The lowest BCUT2D eigenvalue weighted by atomic mass is 9.70. The van der Waals surface area contributed by atoms with Crippen LogP contribution < -0.4 is 4.90 Å². The Balaban J connectivity index is 0.000000963. The number of fused-ring (bicyclic) bond motifs is 15. The molecule has 0 aromatic heterocycles. The molecule has 0 atom stereocenters. The Morgan fingerprint density at radius 1 is 0.386 bits per heavy atom. The summed E-state index contributed by atoms with van der Waals surface area (Å²) in [5.74, 6) is 0. The number of allylic oxidation sites excluding steroid dienone is 2. The van der Waals surface area contributed by atoms with Gasteiger partial charge >= 0.3 is 0 Å². The lowest BCUT2D eigenvalue weighted by Gasteiger charge is -2.30. The van der Waals surface area contributed by atoms with Crippen LogP contribution in [0.3, 0.4) is 0 Å². The summed E-state index contributed by atoms with van der Waals surface area (Å²) >= 11 is 0. The number of hydrogen-bond donors (Lipinski definition) is 0. The van der Waals surface area contributed by atoms with Gasteiger partial charge in [0, 0.05) is 23.0 Å². The zero-order valence-corrected chi connectivity index (χ0v) is 40.3. The number of nitrogens with zero attached hydrogens (tertiary/aromatic N) is 1. The van der Waals surface area contributed by atoms with Crippen molar-refractivity contribution in [3.8, 4) is 55.6 Å². The minimum atomic E-state index is -0.381. The maximum absolute atomic E-state index is 2.50. The summed E-state index contributed by atoms with van der Waals surface area (Å²) < 4.78 is 0. The predicted octanol–water partition coefficient (Wildman–Crippen LogP) is 18.6. The first-order chi connectivity index (χ1) is 34.5. The number of rotatable bonds is 6. The normalized spacial score (nSPS) is 14.1. The number of hydrogen-bond acceptors (Lipinski definition) is 1. The highest BCUT2D eigenvalue weighted by Gasteiger charge is 2.52. The summed E-state index contributed by atoms with van der Waals surface area (Å²) in [6.07, 6.45) is 9.92. The molecule has 0 radical (unpaired) electrons. The summed E-state index contributed by atoms with van der Waals surface area (Å²) in [4.78, 5) is 2.33. The smallest absolute Gasteiger partial charge is 0.0725 e. The van der Waals surface area contributed by atoms with E-state index < -0.39 is 0 Å². The summed E-state index contributed by atoms with van der Waals surface area (Å²) in [6.45, 7) is 8.81. The van der Waals surface area contributed by atoms with Gasteiger partial charge in [-0.15, -0.1) is 0 Å². The van der Waals surface area contributed by atoms with E-state index in [1.165, 1.54) is 106 Å². The van der Waals surface area contributed by atoms with Crippen LogP contribution in [0.2, 0.25) is 0 Å². The van der Waals surface area contributed by atoms with Crippen molar-refractivity contribution in [2.45, 2.75) is 44.9 Å². The Bertz CT molecular complexity index is 3610. The van der Waals surface area contributed by atoms with Gasteiger partial charge < -0.3 is 4.90 Å². The zero-order chi connectivity index (χ0) is 47.4. The van der Waals surface area contributed by atoms with Gasteiger partial charge in [0.2, 0.25) is 0 Å². The molecule has 70 heavy (non-hydrogen) atoms. The first-order valence-electron chi connectivity index (χ1n) is 25.0. The minimum Gasteiger partial charge on any atom is -0.317 e. The van der Waals surface area contributed by atoms with Crippen LogP contribution in [0.5, 0.6) is 0 Å². The lowest BCUT2D eigenvalue weighted by Crippen LogP contribution is -2.25. The third kappa shape index (κ3) is 6.83. The highest BCUT2D eigenvalue weighted by Crippen LogP contribution is 2.64. The van der Waals surface area contributed by atoms with E-state index in [0.29, 0.717) is 0 Å². The maximum atomic E-state index is 2.50. The largest absolute Gasteiger partial charge is 0.317 e. The highest BCUT2D eigenvalue weighted by atomic mass is 15.1. The van der Waals surface area contributed by atoms with E-state index in [0.717, 1.165) is 16.9 Å². The predicted molar refractivity (Wildman–Crippen MR) is 298 cm³/mol. The molecule has 4 aliphatic rings. The molecular weight excluding hydrogens is 843 g/mol. The summed E-state index contributed by atoms with van der Waals surface area (Å²) in [5, 5.41) is 2.59. The van der Waals surface area contributed by atoms with E-state index in [2.05, 4.69) is 268 Å². The molecule has 0 bridgehead atoms. The van der Waals surface area contributed by atoms with Crippen molar-refractivity contribution in [3.05, 3.63) is 282 Å². The summed E-state index contributed by atoms with van der Waals surface area (Å²) in [5.41, 5.74) is 23.9. The van der Waals surface area contributed by atoms with Crippen LogP contribution in [0.4, 0.5) is 11.4 Å². The first kappa shape index (κ1) is 43.0. The van der Waals surface area contributed by atoms with Crippen molar-refractivity contribution in [2.75, 3.05) is 4.90 Å². The fourth-order valence-electron chi connectivity index (χ4n) is 11.7. The van der Waals surface area contributed by atoms with Gasteiger partial charge in [-0.25, -0.2) is 0 Å². The minimum absolute atomic E-state index is 0.233. The Morgan fingerprint density at radius 2 is 0.886 bits per heavy atom. The van der Waals surface area contributed by atoms with Gasteiger partial charge in [-0.2, -0.15) is 0 Å². The first-order valence-corrected chi connectivity index (χ1v) is 25.0. The average Bonchev–Trinajstić information content (AvgIpc) is 4.22. The van der Waals surface area contributed by atoms with E-state index >= 15 is 0 Å². The van der Waals surface area contributed by atoms with Gasteiger partial charge in [0.15, 0.2) is 0 Å². The molecule has 4 aliphatic carbocycles. The van der Waals surface area contributed by atoms with Crippen LogP contribution in [0.25, 0.3) is 72.5 Å². The van der Waals surface area contributed by atoms with E-state index in [9.17, 15) is 0 Å². The van der Waals surface area contributed by atoms with Crippen LogP contribution in [0, 0.1) is 0 Å². The molecule has 10 aromatic rings. The van der Waals surface area contributed by atoms with Gasteiger partial charge in [0.25, 0.3) is 0 Å². The number of benzene rings is 10. The maximum Gasteiger partial charge on any atom is 0.0725 e. The second kappa shape index (κ2) is 17.4. The fourth-order valence-corrected chi connectivity index (χ4v) is 11.7. The zero-order valence-electron chi connectivity index (χ0n) is 40.3. The molecule has 0 fully saturated rings. The fraction of sp³-hybridized carbons (Fsp3) is 0.101. The lowest BCUT2D eigenvalue weighted by molar-refractivity contribution is 0.660. The summed E-state index contributed by atoms with van der Waals surface area (Å²) in [6, 6.07) is 83.5. The molecule has 0 heterocycles. The van der Waals surface area contributed by atoms with E-state index in [1.807, 2.05) is 13.8 Å². The SMILES string of the molecule is C1=CC1.CC.CC1(C)c2cc(-c3cccc4ccc5c(c34)-c3ccccc3C53c4ccccc4-c4ccccc43)ccc2-c2ccc(N(/C=C/c3ccccc3)c3ccc(-c4ccccc4)cc3)cc21. The molecule has 1 heteroatoms. The molecule has 0 unspecified atom stereocenters. The topological polar surface area (TPSA) is 3.24 Å². The van der Waals surface area contributed by atoms with Gasteiger partial charge in [-0.1, -0.05) is 234 Å². The van der Waals surface area contributed by atoms with E-state index in [4.69, 9.17) is 0 Å². The molecule has 14 rings (SSSR count). The van der Waals surface area contributed by atoms with Gasteiger partial charge in [0.1, 0.15) is 0 Å². The van der Waals surface area contributed by atoms with Gasteiger partial charge in [0.05, 0.1) is 5.41 Å². The Morgan fingerprint density at radius 3 is 1.54 bits per heavy atom. The molecule has 0 N–H and O–H groups in total. The summed E-state index contributed by atoms with van der Waals surface area (Å²) in [7, 11) is 0. The molecule has 10 aromatic carbocycles. The third-order valence-electron chi connectivity index (χ3n) is 15.0. The van der Waals surface area contributed by atoms with E-state index in [1.54, 1.807) is 0 Å². The molecule has 0 saturated carbocycles. The van der Waals surface area contributed by atoms with Crippen molar-refractivity contribution in [2.24, 2.45) is 0 Å². The second-order valence-corrected chi connectivity index (χ2v) is 19.1. The van der Waals surface area contributed by atoms with Crippen LogP contribution in [0.15, 0.2) is 243 Å². The van der Waals surface area contributed by atoms with Gasteiger partial charge in [-0.3, -0.25) is 0 Å². The molecule has 1 spiro atoms.